The van der Waals surface area contributed by atoms with Crippen LogP contribution in [-0.2, 0) is 11.3 Å². The highest BCUT2D eigenvalue weighted by Crippen LogP contribution is 2.34. The molecule has 0 aliphatic rings. The molecular weight excluding hydrogens is 299 g/mol. The summed E-state index contributed by atoms with van der Waals surface area (Å²) in [7, 11) is 0. The van der Waals surface area contributed by atoms with E-state index in [4.69, 9.17) is 33.7 Å². The first-order valence-electron chi connectivity index (χ1n) is 5.79. The van der Waals surface area contributed by atoms with E-state index in [0.717, 1.165) is 5.56 Å². The largest absolute Gasteiger partial charge is 0.444 e. The fourth-order valence-electron chi connectivity index (χ4n) is 1.55. The van der Waals surface area contributed by atoms with Crippen LogP contribution in [0.2, 0.25) is 10.0 Å². The van der Waals surface area contributed by atoms with Crippen LogP contribution in [0.1, 0.15) is 5.56 Å². The zero-order valence-corrected chi connectivity index (χ0v) is 11.9. The Bertz CT molecular complexity index is 618. The molecule has 0 heterocycles. The number of halogens is 2. The first-order chi connectivity index (χ1) is 9.58. The van der Waals surface area contributed by atoms with E-state index in [9.17, 15) is 4.79 Å². The standard InChI is InChI=1S/C14H12Cl2N2O2/c15-10-6-7-11(17)13(12(10)16)18-14(19)20-8-9-4-2-1-3-5-9/h1-7H,8,17H2,(H,18,19). The molecule has 6 heteroatoms. The van der Waals surface area contributed by atoms with Crippen molar-refractivity contribution in [3.63, 3.8) is 0 Å². The maximum Gasteiger partial charge on any atom is 0.412 e. The predicted octanol–water partition coefficient (Wildman–Crippen LogP) is 4.32. The molecule has 0 saturated carbocycles. The van der Waals surface area contributed by atoms with E-state index in [2.05, 4.69) is 5.32 Å². The zero-order valence-electron chi connectivity index (χ0n) is 10.4. The molecule has 0 aliphatic heterocycles. The number of carbonyl (C=O) groups is 1. The van der Waals surface area contributed by atoms with Gasteiger partial charge < -0.3 is 10.5 Å². The van der Waals surface area contributed by atoms with E-state index >= 15 is 0 Å². The summed E-state index contributed by atoms with van der Waals surface area (Å²) in [5.74, 6) is 0. The predicted molar refractivity (Wildman–Crippen MR) is 81.1 cm³/mol. The minimum absolute atomic E-state index is 0.158. The summed E-state index contributed by atoms with van der Waals surface area (Å²) in [5, 5.41) is 2.98. The summed E-state index contributed by atoms with van der Waals surface area (Å²) >= 11 is 11.8. The Labute approximate surface area is 126 Å². The fraction of sp³-hybridized carbons (Fsp3) is 0.0714. The van der Waals surface area contributed by atoms with Gasteiger partial charge in [-0.25, -0.2) is 4.79 Å². The third-order valence-corrected chi connectivity index (χ3v) is 3.37. The second kappa shape index (κ2) is 6.50. The Morgan fingerprint density at radius 2 is 1.85 bits per heavy atom. The van der Waals surface area contributed by atoms with Gasteiger partial charge in [-0.3, -0.25) is 5.32 Å². The van der Waals surface area contributed by atoms with E-state index in [0.29, 0.717) is 10.7 Å². The smallest absolute Gasteiger partial charge is 0.412 e. The molecule has 4 nitrogen and oxygen atoms in total. The number of carbonyl (C=O) groups excluding carboxylic acids is 1. The number of nitrogens with two attached hydrogens (primary N) is 1. The minimum Gasteiger partial charge on any atom is -0.444 e. The Hall–Kier alpha value is -1.91. The van der Waals surface area contributed by atoms with Crippen molar-refractivity contribution in [1.29, 1.82) is 0 Å². The quantitative estimate of drug-likeness (QED) is 0.830. The van der Waals surface area contributed by atoms with E-state index in [-0.39, 0.29) is 17.3 Å². The van der Waals surface area contributed by atoms with Crippen LogP contribution in [0.5, 0.6) is 0 Å². The number of benzene rings is 2. The number of nitrogens with one attached hydrogen (secondary N) is 1. The van der Waals surface area contributed by atoms with Crippen molar-refractivity contribution in [3.05, 3.63) is 58.1 Å². The minimum atomic E-state index is -0.648. The number of hydrogen-bond donors (Lipinski definition) is 2. The van der Waals surface area contributed by atoms with Gasteiger partial charge in [0.1, 0.15) is 6.61 Å². The summed E-state index contributed by atoms with van der Waals surface area (Å²) in [6.07, 6.45) is -0.648. The molecule has 0 radical (unpaired) electrons. The maximum absolute atomic E-state index is 11.7. The monoisotopic (exact) mass is 310 g/mol. The molecule has 0 aliphatic carbocycles. The van der Waals surface area contributed by atoms with Gasteiger partial charge in [-0.15, -0.1) is 0 Å². The number of hydrogen-bond acceptors (Lipinski definition) is 3. The molecule has 20 heavy (non-hydrogen) atoms. The van der Waals surface area contributed by atoms with Gasteiger partial charge in [-0.05, 0) is 17.7 Å². The lowest BCUT2D eigenvalue weighted by atomic mass is 10.2. The van der Waals surface area contributed by atoms with Crippen LogP contribution in [0.25, 0.3) is 0 Å². The van der Waals surface area contributed by atoms with Crippen LogP contribution in [0.3, 0.4) is 0 Å². The molecule has 0 unspecified atom stereocenters. The van der Waals surface area contributed by atoms with E-state index in [1.807, 2.05) is 30.3 Å². The summed E-state index contributed by atoms with van der Waals surface area (Å²) < 4.78 is 5.07. The molecule has 2 rings (SSSR count). The van der Waals surface area contributed by atoms with Gasteiger partial charge >= 0.3 is 6.09 Å². The van der Waals surface area contributed by atoms with Crippen LogP contribution in [-0.4, -0.2) is 6.09 Å². The van der Waals surface area contributed by atoms with Gasteiger partial charge in [-0.1, -0.05) is 53.5 Å². The van der Waals surface area contributed by atoms with Gasteiger partial charge in [0.2, 0.25) is 0 Å². The van der Waals surface area contributed by atoms with Gasteiger partial charge in [0, 0.05) is 0 Å². The lowest BCUT2D eigenvalue weighted by Crippen LogP contribution is -2.15. The van der Waals surface area contributed by atoms with Crippen LogP contribution >= 0.6 is 23.2 Å². The highest BCUT2D eigenvalue weighted by atomic mass is 35.5. The average Bonchev–Trinajstić information content (AvgIpc) is 2.46. The van der Waals surface area contributed by atoms with Crippen molar-refractivity contribution in [2.24, 2.45) is 0 Å². The Morgan fingerprint density at radius 3 is 2.55 bits per heavy atom. The molecule has 0 aromatic heterocycles. The molecule has 2 aromatic rings. The van der Waals surface area contributed by atoms with Crippen molar-refractivity contribution in [3.8, 4) is 0 Å². The zero-order chi connectivity index (χ0) is 14.5. The molecule has 104 valence electrons. The summed E-state index contributed by atoms with van der Waals surface area (Å²) in [6, 6.07) is 12.4. The first-order valence-corrected chi connectivity index (χ1v) is 6.54. The van der Waals surface area contributed by atoms with E-state index in [1.165, 1.54) is 0 Å². The number of ether oxygens (including phenoxy) is 1. The van der Waals surface area contributed by atoms with Gasteiger partial charge in [0.15, 0.2) is 0 Å². The first kappa shape index (κ1) is 14.5. The van der Waals surface area contributed by atoms with Crippen molar-refractivity contribution in [2.45, 2.75) is 6.61 Å². The Morgan fingerprint density at radius 1 is 1.15 bits per heavy atom. The molecule has 1 amide bonds. The fourth-order valence-corrected chi connectivity index (χ4v) is 1.93. The van der Waals surface area contributed by atoms with Crippen LogP contribution in [0.4, 0.5) is 16.2 Å². The number of rotatable bonds is 3. The number of amides is 1. The van der Waals surface area contributed by atoms with Crippen molar-refractivity contribution < 1.29 is 9.53 Å². The topological polar surface area (TPSA) is 64.3 Å². The number of anilines is 2. The van der Waals surface area contributed by atoms with E-state index < -0.39 is 6.09 Å². The van der Waals surface area contributed by atoms with Gasteiger partial charge in [0.05, 0.1) is 21.4 Å². The second-order valence-corrected chi connectivity index (χ2v) is 4.80. The maximum atomic E-state index is 11.7. The van der Waals surface area contributed by atoms with Crippen molar-refractivity contribution in [1.82, 2.24) is 0 Å². The molecular formula is C14H12Cl2N2O2. The second-order valence-electron chi connectivity index (χ2n) is 4.01. The highest BCUT2D eigenvalue weighted by Gasteiger charge is 2.12. The Kier molecular flexibility index (Phi) is 4.71. The Balaban J connectivity index is 2.00. The molecule has 0 saturated heterocycles. The average molecular weight is 311 g/mol. The van der Waals surface area contributed by atoms with Gasteiger partial charge in [-0.2, -0.15) is 0 Å². The lowest BCUT2D eigenvalue weighted by molar-refractivity contribution is 0.155. The lowest BCUT2D eigenvalue weighted by Gasteiger charge is -2.11. The van der Waals surface area contributed by atoms with Crippen molar-refractivity contribution >= 4 is 40.7 Å². The van der Waals surface area contributed by atoms with E-state index in [1.54, 1.807) is 12.1 Å². The normalized spacial score (nSPS) is 10.1. The van der Waals surface area contributed by atoms with Crippen LogP contribution < -0.4 is 11.1 Å². The molecule has 0 fully saturated rings. The SMILES string of the molecule is Nc1ccc(Cl)c(Cl)c1NC(=O)OCc1ccccc1. The highest BCUT2D eigenvalue weighted by molar-refractivity contribution is 6.44. The summed E-state index contributed by atoms with van der Waals surface area (Å²) in [5.41, 5.74) is 7.18. The molecule has 0 spiro atoms. The molecule has 0 bridgehead atoms. The van der Waals surface area contributed by atoms with Crippen molar-refractivity contribution in [2.75, 3.05) is 11.1 Å². The van der Waals surface area contributed by atoms with Crippen LogP contribution in [0.15, 0.2) is 42.5 Å². The summed E-state index contributed by atoms with van der Waals surface area (Å²) in [4.78, 5) is 11.7. The molecule has 3 N–H and O–H groups in total. The van der Waals surface area contributed by atoms with Gasteiger partial charge in [0.25, 0.3) is 0 Å². The molecule has 0 atom stereocenters. The number of nitrogen functional groups attached to an aromatic ring is 1. The summed E-state index contributed by atoms with van der Waals surface area (Å²) in [6.45, 7) is 0.158. The third-order valence-electron chi connectivity index (χ3n) is 2.57. The van der Waals surface area contributed by atoms with Crippen LogP contribution in [0, 0.1) is 0 Å². The third kappa shape index (κ3) is 3.56. The molecule has 2 aromatic carbocycles.